The highest BCUT2D eigenvalue weighted by molar-refractivity contribution is 6.38. The first-order valence-corrected chi connectivity index (χ1v) is 10.8. The summed E-state index contributed by atoms with van der Waals surface area (Å²) in [6, 6.07) is 17.4. The molecule has 0 aliphatic carbocycles. The van der Waals surface area contributed by atoms with E-state index in [1.54, 1.807) is 0 Å². The summed E-state index contributed by atoms with van der Waals surface area (Å²) in [6.45, 7) is 3.71. The lowest BCUT2D eigenvalue weighted by molar-refractivity contribution is -0.111. The third-order valence-corrected chi connectivity index (χ3v) is 4.82. The summed E-state index contributed by atoms with van der Waals surface area (Å²) in [6.07, 6.45) is 11.7. The molecular formula is C25H33N3O. The summed E-state index contributed by atoms with van der Waals surface area (Å²) in [7, 11) is 0. The average Bonchev–Trinajstić information content (AvgIpc) is 2.74. The number of ketones is 1. The molecule has 0 aliphatic heterocycles. The Morgan fingerprint density at radius 2 is 1.38 bits per heavy atom. The van der Waals surface area contributed by atoms with Crippen LogP contribution in [0.25, 0.3) is 0 Å². The van der Waals surface area contributed by atoms with Gasteiger partial charge < -0.3 is 0 Å². The van der Waals surface area contributed by atoms with Crippen molar-refractivity contribution in [2.75, 3.05) is 0 Å². The van der Waals surface area contributed by atoms with E-state index < -0.39 is 0 Å². The Bertz CT molecular complexity index is 779. The second kappa shape index (κ2) is 13.5. The number of hydrogen-bond acceptors (Lipinski definition) is 3. The quantitative estimate of drug-likeness (QED) is 0.158. The lowest BCUT2D eigenvalue weighted by atomic mass is 10.0. The summed E-state index contributed by atoms with van der Waals surface area (Å²) < 4.78 is 0. The maximum absolute atomic E-state index is 11.8. The SMILES string of the molecule is CCCCCCCCCCc1ccc(N=C(N=Nc2ccccc2)C(C)=O)cc1. The van der Waals surface area contributed by atoms with Gasteiger partial charge in [0, 0.05) is 6.92 Å². The van der Waals surface area contributed by atoms with Crippen molar-refractivity contribution in [2.24, 2.45) is 15.2 Å². The fourth-order valence-electron chi connectivity index (χ4n) is 3.09. The second-order valence-electron chi connectivity index (χ2n) is 7.42. The molecular weight excluding hydrogens is 358 g/mol. The first kappa shape index (κ1) is 22.7. The van der Waals surface area contributed by atoms with Gasteiger partial charge >= 0.3 is 0 Å². The molecule has 0 saturated heterocycles. The van der Waals surface area contributed by atoms with Gasteiger partial charge in [0.2, 0.25) is 5.84 Å². The number of Topliss-reactive ketones (excluding diaryl/α,β-unsaturated/α-hetero) is 1. The minimum absolute atomic E-state index is 0.115. The van der Waals surface area contributed by atoms with Crippen LogP contribution in [0.2, 0.25) is 0 Å². The molecule has 0 bridgehead atoms. The lowest BCUT2D eigenvalue weighted by Gasteiger charge is -2.03. The van der Waals surface area contributed by atoms with Gasteiger partial charge in [0.15, 0.2) is 5.78 Å². The standard InChI is InChI=1S/C25H33N3O/c1-3-4-5-6-7-8-9-11-14-22-17-19-23(20-18-22)26-25(21(2)29)28-27-24-15-12-10-13-16-24/h10,12-13,15-20H,3-9,11,14H2,1-2H3. The summed E-state index contributed by atoms with van der Waals surface area (Å²) >= 11 is 0. The monoisotopic (exact) mass is 391 g/mol. The molecule has 0 aromatic heterocycles. The van der Waals surface area contributed by atoms with E-state index in [-0.39, 0.29) is 11.6 Å². The van der Waals surface area contributed by atoms with E-state index in [4.69, 9.17) is 0 Å². The third-order valence-electron chi connectivity index (χ3n) is 4.82. The van der Waals surface area contributed by atoms with Crippen LogP contribution in [0, 0.1) is 0 Å². The Balaban J connectivity index is 1.82. The summed E-state index contributed by atoms with van der Waals surface area (Å²) in [4.78, 5) is 16.2. The van der Waals surface area contributed by atoms with Crippen molar-refractivity contribution in [2.45, 2.75) is 71.6 Å². The molecule has 2 rings (SSSR count). The Morgan fingerprint density at radius 3 is 2.00 bits per heavy atom. The van der Waals surface area contributed by atoms with E-state index in [0.717, 1.165) is 12.1 Å². The zero-order valence-electron chi connectivity index (χ0n) is 17.8. The molecule has 0 saturated carbocycles. The largest absolute Gasteiger partial charge is 0.291 e. The van der Waals surface area contributed by atoms with Gasteiger partial charge in [-0.15, -0.1) is 10.2 Å². The number of amidine groups is 1. The highest BCUT2D eigenvalue weighted by Gasteiger charge is 2.05. The Kier molecular flexibility index (Phi) is 10.6. The lowest BCUT2D eigenvalue weighted by Crippen LogP contribution is -2.05. The van der Waals surface area contributed by atoms with Crippen molar-refractivity contribution in [1.82, 2.24) is 0 Å². The molecule has 29 heavy (non-hydrogen) atoms. The molecule has 154 valence electrons. The molecule has 0 heterocycles. The van der Waals surface area contributed by atoms with Crippen LogP contribution in [0.15, 0.2) is 69.8 Å². The molecule has 4 heteroatoms. The predicted octanol–water partition coefficient (Wildman–Crippen LogP) is 7.77. The normalized spacial score (nSPS) is 11.9. The van der Waals surface area contributed by atoms with E-state index in [9.17, 15) is 4.79 Å². The molecule has 0 unspecified atom stereocenters. The highest BCUT2D eigenvalue weighted by atomic mass is 16.1. The summed E-state index contributed by atoms with van der Waals surface area (Å²) in [5, 5.41) is 8.13. The molecule has 2 aromatic carbocycles. The van der Waals surface area contributed by atoms with Crippen LogP contribution in [0.3, 0.4) is 0 Å². The van der Waals surface area contributed by atoms with Crippen molar-refractivity contribution < 1.29 is 4.79 Å². The smallest absolute Gasteiger partial charge is 0.218 e. The van der Waals surface area contributed by atoms with Crippen LogP contribution in [-0.2, 0) is 11.2 Å². The number of nitrogens with zero attached hydrogens (tertiary/aromatic N) is 3. The topological polar surface area (TPSA) is 54.1 Å². The molecule has 4 nitrogen and oxygen atoms in total. The molecule has 0 spiro atoms. The van der Waals surface area contributed by atoms with Crippen molar-refractivity contribution in [3.63, 3.8) is 0 Å². The van der Waals surface area contributed by atoms with Crippen LogP contribution in [0.5, 0.6) is 0 Å². The predicted molar refractivity (Wildman–Crippen MR) is 121 cm³/mol. The zero-order chi connectivity index (χ0) is 20.7. The van der Waals surface area contributed by atoms with E-state index in [2.05, 4.69) is 34.3 Å². The van der Waals surface area contributed by atoms with Gasteiger partial charge in [0.25, 0.3) is 0 Å². The second-order valence-corrected chi connectivity index (χ2v) is 7.42. The van der Waals surface area contributed by atoms with Gasteiger partial charge in [0.05, 0.1) is 11.4 Å². The molecule has 0 aliphatic rings. The zero-order valence-corrected chi connectivity index (χ0v) is 17.8. The van der Waals surface area contributed by atoms with Gasteiger partial charge in [0.1, 0.15) is 0 Å². The first-order valence-electron chi connectivity index (χ1n) is 10.8. The Morgan fingerprint density at radius 1 is 0.759 bits per heavy atom. The average molecular weight is 392 g/mol. The van der Waals surface area contributed by atoms with Crippen LogP contribution in [-0.4, -0.2) is 11.6 Å². The molecule has 2 aromatic rings. The van der Waals surface area contributed by atoms with Gasteiger partial charge in [-0.25, -0.2) is 4.99 Å². The van der Waals surface area contributed by atoms with Crippen molar-refractivity contribution in [3.05, 3.63) is 60.2 Å². The molecule has 0 atom stereocenters. The molecule has 0 radical (unpaired) electrons. The van der Waals surface area contributed by atoms with Gasteiger partial charge in [-0.3, -0.25) is 4.79 Å². The fourth-order valence-corrected chi connectivity index (χ4v) is 3.09. The fraction of sp³-hybridized carbons (Fsp3) is 0.440. The van der Waals surface area contributed by atoms with Gasteiger partial charge in [-0.2, -0.15) is 0 Å². The number of azo groups is 1. The summed E-state index contributed by atoms with van der Waals surface area (Å²) in [5.74, 6) is -0.0858. The maximum atomic E-state index is 11.8. The van der Waals surface area contributed by atoms with Crippen molar-refractivity contribution >= 4 is 23.0 Å². The first-order chi connectivity index (χ1) is 14.2. The highest BCUT2D eigenvalue weighted by Crippen LogP contribution is 2.17. The van der Waals surface area contributed by atoms with Crippen molar-refractivity contribution in [1.29, 1.82) is 0 Å². The number of unbranched alkanes of at least 4 members (excludes halogenated alkanes) is 7. The number of carbonyl (C=O) groups excluding carboxylic acids is 1. The van der Waals surface area contributed by atoms with Crippen LogP contribution in [0.1, 0.15) is 70.8 Å². The maximum Gasteiger partial charge on any atom is 0.218 e. The number of rotatable bonds is 12. The Labute approximate surface area is 175 Å². The van der Waals surface area contributed by atoms with Crippen molar-refractivity contribution in [3.8, 4) is 0 Å². The number of carbonyl (C=O) groups is 1. The van der Waals surface area contributed by atoms with Crippen LogP contribution < -0.4 is 0 Å². The van der Waals surface area contributed by atoms with Crippen LogP contribution in [0.4, 0.5) is 11.4 Å². The summed E-state index contributed by atoms with van der Waals surface area (Å²) in [5.41, 5.74) is 2.73. The molecule has 0 amide bonds. The Hall–Kier alpha value is -2.62. The number of benzene rings is 2. The van der Waals surface area contributed by atoms with E-state index in [0.29, 0.717) is 5.69 Å². The van der Waals surface area contributed by atoms with Gasteiger partial charge in [-0.05, 0) is 42.7 Å². The van der Waals surface area contributed by atoms with E-state index in [1.807, 2.05) is 42.5 Å². The molecule has 0 N–H and O–H groups in total. The van der Waals surface area contributed by atoms with Crippen LogP contribution >= 0.6 is 0 Å². The molecule has 0 fully saturated rings. The minimum Gasteiger partial charge on any atom is -0.291 e. The number of hydrogen-bond donors (Lipinski definition) is 0. The minimum atomic E-state index is -0.201. The van der Waals surface area contributed by atoms with E-state index >= 15 is 0 Å². The number of aryl methyl sites for hydroxylation is 1. The third kappa shape index (κ3) is 9.42. The number of aliphatic imine (C=N–C) groups is 1. The van der Waals surface area contributed by atoms with E-state index in [1.165, 1.54) is 63.9 Å². The van der Waals surface area contributed by atoms with Gasteiger partial charge in [-0.1, -0.05) is 82.2 Å².